The lowest BCUT2D eigenvalue weighted by Crippen LogP contribution is -2.55. The molecule has 0 aliphatic rings. The Labute approximate surface area is 125 Å². The van der Waals surface area contributed by atoms with E-state index in [4.69, 9.17) is 10.8 Å². The number of carboxylic acids is 1. The second-order valence-corrected chi connectivity index (χ2v) is 5.71. The van der Waals surface area contributed by atoms with E-state index in [0.717, 1.165) is 0 Å². The number of hydrogen-bond acceptors (Lipinski definition) is 4. The summed E-state index contributed by atoms with van der Waals surface area (Å²) in [6, 6.07) is -2.51. The Kier molecular flexibility index (Phi) is 7.94. The lowest BCUT2D eigenvalue weighted by atomic mass is 9.99. The van der Waals surface area contributed by atoms with Crippen molar-refractivity contribution in [1.29, 1.82) is 0 Å². The van der Waals surface area contributed by atoms with Crippen LogP contribution in [0, 0.1) is 11.8 Å². The number of aliphatic carboxylic acids is 1. The molecule has 0 aromatic heterocycles. The van der Waals surface area contributed by atoms with E-state index in [1.165, 1.54) is 6.92 Å². The largest absolute Gasteiger partial charge is 0.480 e. The summed E-state index contributed by atoms with van der Waals surface area (Å²) in [6.07, 6.45) is 0.621. The van der Waals surface area contributed by atoms with E-state index >= 15 is 0 Å². The van der Waals surface area contributed by atoms with Gasteiger partial charge in [0.25, 0.3) is 0 Å². The summed E-state index contributed by atoms with van der Waals surface area (Å²) in [7, 11) is 0. The first-order valence-electron chi connectivity index (χ1n) is 7.20. The molecule has 0 aromatic carbocycles. The molecule has 0 heterocycles. The van der Waals surface area contributed by atoms with Gasteiger partial charge >= 0.3 is 5.97 Å². The molecule has 0 aliphatic carbocycles. The molecule has 0 radical (unpaired) electrons. The number of nitrogens with two attached hydrogens (primary N) is 1. The minimum absolute atomic E-state index is 0.0489. The molecule has 0 spiro atoms. The highest BCUT2D eigenvalue weighted by atomic mass is 16.4. The van der Waals surface area contributed by atoms with Crippen LogP contribution < -0.4 is 16.4 Å². The van der Waals surface area contributed by atoms with Gasteiger partial charge in [-0.25, -0.2) is 4.79 Å². The zero-order valence-corrected chi connectivity index (χ0v) is 13.3. The molecule has 0 aliphatic heterocycles. The zero-order valence-electron chi connectivity index (χ0n) is 13.3. The topological polar surface area (TPSA) is 122 Å². The minimum Gasteiger partial charge on any atom is -0.480 e. The summed E-state index contributed by atoms with van der Waals surface area (Å²) >= 11 is 0. The number of rotatable bonds is 8. The van der Waals surface area contributed by atoms with E-state index in [2.05, 4.69) is 10.6 Å². The maximum absolute atomic E-state index is 12.0. The lowest BCUT2D eigenvalue weighted by molar-refractivity contribution is -0.143. The standard InChI is InChI=1S/C14H27N3O4/c1-6-8(4)11(14(20)21)17-12(18)9(5)16-13(19)10(15)7(2)3/h7-11H,6,15H2,1-5H3,(H,16,19)(H,17,18)(H,20,21)/t8-,9-,10-,11-/m0/s1. The molecule has 7 nitrogen and oxygen atoms in total. The molecule has 7 heteroatoms. The Morgan fingerprint density at radius 2 is 1.57 bits per heavy atom. The summed E-state index contributed by atoms with van der Waals surface area (Å²) in [5.74, 6) is -2.30. The first kappa shape index (κ1) is 19.4. The van der Waals surface area contributed by atoms with E-state index in [1.807, 2.05) is 6.92 Å². The summed E-state index contributed by atoms with van der Waals surface area (Å²) in [6.45, 7) is 8.70. The maximum Gasteiger partial charge on any atom is 0.326 e. The molecule has 0 rings (SSSR count). The Bertz CT molecular complexity index is 384. The number of nitrogens with one attached hydrogen (secondary N) is 2. The van der Waals surface area contributed by atoms with Gasteiger partial charge in [0.1, 0.15) is 12.1 Å². The van der Waals surface area contributed by atoms with Crippen LogP contribution in [0.15, 0.2) is 0 Å². The van der Waals surface area contributed by atoms with Gasteiger partial charge in [-0.3, -0.25) is 9.59 Å². The van der Waals surface area contributed by atoms with Crippen LogP contribution in [0.5, 0.6) is 0 Å². The van der Waals surface area contributed by atoms with Crippen molar-refractivity contribution in [3.8, 4) is 0 Å². The van der Waals surface area contributed by atoms with E-state index in [1.54, 1.807) is 20.8 Å². The number of carbonyl (C=O) groups is 3. The molecular formula is C14H27N3O4. The third kappa shape index (κ3) is 6.12. The van der Waals surface area contributed by atoms with Crippen LogP contribution in [0.2, 0.25) is 0 Å². The summed E-state index contributed by atoms with van der Waals surface area (Å²) < 4.78 is 0. The second-order valence-electron chi connectivity index (χ2n) is 5.71. The fourth-order valence-electron chi connectivity index (χ4n) is 1.64. The average Bonchev–Trinajstić information content (AvgIpc) is 2.41. The van der Waals surface area contributed by atoms with Gasteiger partial charge in [0.05, 0.1) is 6.04 Å². The molecule has 0 fully saturated rings. The van der Waals surface area contributed by atoms with Gasteiger partial charge in [-0.15, -0.1) is 0 Å². The predicted octanol–water partition coefficient (Wildman–Crippen LogP) is 0.0899. The maximum atomic E-state index is 12.0. The highest BCUT2D eigenvalue weighted by molar-refractivity contribution is 5.91. The van der Waals surface area contributed by atoms with Crippen molar-refractivity contribution in [3.05, 3.63) is 0 Å². The van der Waals surface area contributed by atoms with E-state index in [0.29, 0.717) is 6.42 Å². The summed E-state index contributed by atoms with van der Waals surface area (Å²) in [5, 5.41) is 14.1. The Balaban J connectivity index is 4.64. The van der Waals surface area contributed by atoms with Crippen LogP contribution in [0.3, 0.4) is 0 Å². The highest BCUT2D eigenvalue weighted by Crippen LogP contribution is 2.08. The minimum atomic E-state index is -1.09. The predicted molar refractivity (Wildman–Crippen MR) is 79.4 cm³/mol. The molecule has 21 heavy (non-hydrogen) atoms. The van der Waals surface area contributed by atoms with E-state index < -0.39 is 35.9 Å². The van der Waals surface area contributed by atoms with Crippen LogP contribution in [-0.2, 0) is 14.4 Å². The molecule has 0 saturated carbocycles. The highest BCUT2D eigenvalue weighted by Gasteiger charge is 2.28. The number of hydrogen-bond donors (Lipinski definition) is 4. The fraction of sp³-hybridized carbons (Fsp3) is 0.786. The van der Waals surface area contributed by atoms with Gasteiger partial charge in [-0.1, -0.05) is 34.1 Å². The SMILES string of the molecule is CC[C@H](C)[C@H](NC(=O)[C@H](C)NC(=O)[C@@H](N)C(C)C)C(=O)O. The van der Waals surface area contributed by atoms with Crippen LogP contribution >= 0.6 is 0 Å². The van der Waals surface area contributed by atoms with Crippen molar-refractivity contribution < 1.29 is 19.5 Å². The first-order valence-corrected chi connectivity index (χ1v) is 7.20. The molecule has 4 atom stereocenters. The van der Waals surface area contributed by atoms with Gasteiger partial charge in [0, 0.05) is 0 Å². The van der Waals surface area contributed by atoms with Gasteiger partial charge < -0.3 is 21.5 Å². The van der Waals surface area contributed by atoms with Gasteiger partial charge in [-0.2, -0.15) is 0 Å². The number of carbonyl (C=O) groups excluding carboxylic acids is 2. The second kappa shape index (κ2) is 8.61. The van der Waals surface area contributed by atoms with Gasteiger partial charge in [0.2, 0.25) is 11.8 Å². The average molecular weight is 301 g/mol. The van der Waals surface area contributed by atoms with Crippen molar-refractivity contribution >= 4 is 17.8 Å². The summed E-state index contributed by atoms with van der Waals surface area (Å²) in [4.78, 5) is 34.9. The Morgan fingerprint density at radius 1 is 1.05 bits per heavy atom. The van der Waals surface area contributed by atoms with Crippen molar-refractivity contribution in [2.45, 2.75) is 59.2 Å². The van der Waals surface area contributed by atoms with E-state index in [-0.39, 0.29) is 11.8 Å². The van der Waals surface area contributed by atoms with Crippen LogP contribution in [0.4, 0.5) is 0 Å². The molecule has 0 aromatic rings. The summed E-state index contributed by atoms with van der Waals surface area (Å²) in [5.41, 5.74) is 5.69. The molecule has 0 saturated heterocycles. The molecule has 0 bridgehead atoms. The number of amides is 2. The van der Waals surface area contributed by atoms with Crippen molar-refractivity contribution in [1.82, 2.24) is 10.6 Å². The van der Waals surface area contributed by atoms with Gasteiger partial charge in [-0.05, 0) is 18.8 Å². The van der Waals surface area contributed by atoms with Crippen LogP contribution in [-0.4, -0.2) is 41.0 Å². The smallest absolute Gasteiger partial charge is 0.326 e. The van der Waals surface area contributed by atoms with Gasteiger partial charge in [0.15, 0.2) is 0 Å². The third-order valence-corrected chi connectivity index (χ3v) is 3.55. The molecule has 0 unspecified atom stereocenters. The normalized spacial score (nSPS) is 16.7. The fourth-order valence-corrected chi connectivity index (χ4v) is 1.64. The lowest BCUT2D eigenvalue weighted by Gasteiger charge is -2.23. The Morgan fingerprint density at radius 3 is 1.95 bits per heavy atom. The van der Waals surface area contributed by atoms with Crippen molar-refractivity contribution in [3.63, 3.8) is 0 Å². The Hall–Kier alpha value is -1.63. The molecule has 122 valence electrons. The zero-order chi connectivity index (χ0) is 16.7. The third-order valence-electron chi connectivity index (χ3n) is 3.55. The van der Waals surface area contributed by atoms with Crippen LogP contribution in [0.1, 0.15) is 41.0 Å². The number of carboxylic acid groups (broad SMARTS) is 1. The molecular weight excluding hydrogens is 274 g/mol. The van der Waals surface area contributed by atoms with Crippen molar-refractivity contribution in [2.75, 3.05) is 0 Å². The van der Waals surface area contributed by atoms with Crippen molar-refractivity contribution in [2.24, 2.45) is 17.6 Å². The monoisotopic (exact) mass is 301 g/mol. The van der Waals surface area contributed by atoms with Crippen LogP contribution in [0.25, 0.3) is 0 Å². The quantitative estimate of drug-likeness (QED) is 0.506. The molecule has 5 N–H and O–H groups in total. The van der Waals surface area contributed by atoms with E-state index in [9.17, 15) is 14.4 Å². The molecule has 2 amide bonds. The first-order chi connectivity index (χ1) is 9.61.